The number of halogens is 1. The molecule has 0 bridgehead atoms. The maximum absolute atomic E-state index is 13.2. The highest BCUT2D eigenvalue weighted by molar-refractivity contribution is 5.67. The average molecular weight is 204 g/mol. The van der Waals surface area contributed by atoms with Gasteiger partial charge in [0, 0.05) is 19.1 Å². The number of alkyl halides is 1. The summed E-state index contributed by atoms with van der Waals surface area (Å²) in [6.45, 7) is 2.66. The minimum Gasteiger partial charge on any atom is -0.481 e. The van der Waals surface area contributed by atoms with E-state index in [0.717, 1.165) is 19.4 Å². The standard InChI is InChI=1S/C10H17FO3/c1-7(11)9(5-10(12)13)8-3-2-4-14-6-8/h7-9H,2-6H2,1H3,(H,12,13). The Kier molecular flexibility index (Phi) is 4.32. The van der Waals surface area contributed by atoms with Gasteiger partial charge >= 0.3 is 5.97 Å². The minimum absolute atomic E-state index is 0.0693. The first kappa shape index (κ1) is 11.4. The van der Waals surface area contributed by atoms with Crippen molar-refractivity contribution in [3.63, 3.8) is 0 Å². The fraction of sp³-hybridized carbons (Fsp3) is 0.900. The highest BCUT2D eigenvalue weighted by Crippen LogP contribution is 2.29. The number of carbonyl (C=O) groups is 1. The molecule has 82 valence electrons. The van der Waals surface area contributed by atoms with Crippen molar-refractivity contribution in [3.05, 3.63) is 0 Å². The first-order valence-electron chi connectivity index (χ1n) is 5.05. The molecule has 0 aromatic heterocycles. The van der Waals surface area contributed by atoms with Gasteiger partial charge in [0.05, 0.1) is 6.42 Å². The van der Waals surface area contributed by atoms with E-state index in [-0.39, 0.29) is 12.3 Å². The number of ether oxygens (including phenoxy) is 1. The first-order valence-corrected chi connectivity index (χ1v) is 5.05. The Morgan fingerprint density at radius 1 is 1.71 bits per heavy atom. The van der Waals surface area contributed by atoms with E-state index in [2.05, 4.69) is 0 Å². The third kappa shape index (κ3) is 3.25. The summed E-state index contributed by atoms with van der Waals surface area (Å²) in [7, 11) is 0. The Bertz CT molecular complexity index is 188. The van der Waals surface area contributed by atoms with E-state index in [4.69, 9.17) is 9.84 Å². The van der Waals surface area contributed by atoms with Crippen molar-refractivity contribution in [1.29, 1.82) is 0 Å². The molecule has 3 nitrogen and oxygen atoms in total. The Morgan fingerprint density at radius 3 is 2.86 bits per heavy atom. The summed E-state index contributed by atoms with van der Waals surface area (Å²) in [6.07, 6.45) is 0.628. The lowest BCUT2D eigenvalue weighted by Gasteiger charge is -2.30. The van der Waals surface area contributed by atoms with Crippen LogP contribution >= 0.6 is 0 Å². The topological polar surface area (TPSA) is 46.5 Å². The van der Waals surface area contributed by atoms with Crippen molar-refractivity contribution < 1.29 is 19.0 Å². The lowest BCUT2D eigenvalue weighted by molar-refractivity contribution is -0.139. The highest BCUT2D eigenvalue weighted by atomic mass is 19.1. The molecule has 1 N–H and O–H groups in total. The lowest BCUT2D eigenvalue weighted by Crippen LogP contribution is -2.31. The van der Waals surface area contributed by atoms with E-state index in [9.17, 15) is 9.18 Å². The molecule has 0 radical (unpaired) electrons. The summed E-state index contributed by atoms with van der Waals surface area (Å²) in [4.78, 5) is 10.5. The van der Waals surface area contributed by atoms with Crippen LogP contribution in [0.4, 0.5) is 4.39 Å². The Balaban J connectivity index is 2.51. The van der Waals surface area contributed by atoms with Crippen LogP contribution in [0, 0.1) is 11.8 Å². The zero-order valence-electron chi connectivity index (χ0n) is 8.41. The van der Waals surface area contributed by atoms with Crippen molar-refractivity contribution in [1.82, 2.24) is 0 Å². The summed E-state index contributed by atoms with van der Waals surface area (Å²) < 4.78 is 18.4. The van der Waals surface area contributed by atoms with Crippen LogP contribution in [0.15, 0.2) is 0 Å². The Morgan fingerprint density at radius 2 is 2.43 bits per heavy atom. The smallest absolute Gasteiger partial charge is 0.303 e. The van der Waals surface area contributed by atoms with Crippen molar-refractivity contribution in [2.45, 2.75) is 32.4 Å². The molecule has 3 unspecified atom stereocenters. The SMILES string of the molecule is CC(F)C(CC(=O)O)C1CCCOC1. The van der Waals surface area contributed by atoms with Crippen molar-refractivity contribution >= 4 is 5.97 Å². The second-order valence-electron chi connectivity index (χ2n) is 3.92. The van der Waals surface area contributed by atoms with Crippen LogP contribution < -0.4 is 0 Å². The van der Waals surface area contributed by atoms with Gasteiger partial charge in [0.1, 0.15) is 6.17 Å². The fourth-order valence-electron chi connectivity index (χ4n) is 2.01. The van der Waals surface area contributed by atoms with Crippen LogP contribution in [-0.2, 0) is 9.53 Å². The molecule has 0 amide bonds. The number of rotatable bonds is 4. The van der Waals surface area contributed by atoms with Crippen molar-refractivity contribution in [2.24, 2.45) is 11.8 Å². The molecule has 1 saturated heterocycles. The first-order chi connectivity index (χ1) is 6.61. The third-order valence-electron chi connectivity index (χ3n) is 2.80. The van der Waals surface area contributed by atoms with Crippen LogP contribution in [0.5, 0.6) is 0 Å². The second-order valence-corrected chi connectivity index (χ2v) is 3.92. The Hall–Kier alpha value is -0.640. The van der Waals surface area contributed by atoms with Crippen LogP contribution in [0.2, 0.25) is 0 Å². The van der Waals surface area contributed by atoms with Gasteiger partial charge < -0.3 is 9.84 Å². The summed E-state index contributed by atoms with van der Waals surface area (Å²) in [5, 5.41) is 8.66. The van der Waals surface area contributed by atoms with Crippen LogP contribution in [-0.4, -0.2) is 30.5 Å². The number of carboxylic acid groups (broad SMARTS) is 1. The zero-order chi connectivity index (χ0) is 10.6. The van der Waals surface area contributed by atoms with Gasteiger partial charge in [-0.1, -0.05) is 0 Å². The van der Waals surface area contributed by atoms with E-state index in [0.29, 0.717) is 6.61 Å². The molecular weight excluding hydrogens is 187 g/mol. The summed E-state index contributed by atoms with van der Waals surface area (Å²) in [5.74, 6) is -1.25. The normalized spacial score (nSPS) is 26.9. The van der Waals surface area contributed by atoms with Gasteiger partial charge in [-0.3, -0.25) is 4.79 Å². The summed E-state index contributed by atoms with van der Waals surface area (Å²) in [6, 6.07) is 0. The van der Waals surface area contributed by atoms with Gasteiger partial charge in [-0.2, -0.15) is 0 Å². The van der Waals surface area contributed by atoms with E-state index in [1.165, 1.54) is 6.92 Å². The molecule has 0 aromatic carbocycles. The number of hydrogen-bond acceptors (Lipinski definition) is 2. The zero-order valence-corrected chi connectivity index (χ0v) is 8.41. The summed E-state index contributed by atoms with van der Waals surface area (Å²) >= 11 is 0. The van der Waals surface area contributed by atoms with Gasteiger partial charge in [-0.25, -0.2) is 4.39 Å². The molecule has 3 atom stereocenters. The van der Waals surface area contributed by atoms with Crippen LogP contribution in [0.3, 0.4) is 0 Å². The van der Waals surface area contributed by atoms with Crippen LogP contribution in [0.25, 0.3) is 0 Å². The van der Waals surface area contributed by atoms with Gasteiger partial charge in [0.15, 0.2) is 0 Å². The lowest BCUT2D eigenvalue weighted by atomic mass is 9.83. The maximum Gasteiger partial charge on any atom is 0.303 e. The van der Waals surface area contributed by atoms with Crippen molar-refractivity contribution in [2.75, 3.05) is 13.2 Å². The highest BCUT2D eigenvalue weighted by Gasteiger charge is 2.30. The molecule has 1 fully saturated rings. The van der Waals surface area contributed by atoms with Crippen LogP contribution in [0.1, 0.15) is 26.2 Å². The van der Waals surface area contributed by atoms with Gasteiger partial charge in [0.2, 0.25) is 0 Å². The molecule has 14 heavy (non-hydrogen) atoms. The predicted octanol–water partition coefficient (Wildman–Crippen LogP) is 1.86. The van der Waals surface area contributed by atoms with E-state index in [1.54, 1.807) is 0 Å². The third-order valence-corrected chi connectivity index (χ3v) is 2.80. The molecule has 4 heteroatoms. The molecule has 1 heterocycles. The largest absolute Gasteiger partial charge is 0.481 e. The average Bonchev–Trinajstić information content (AvgIpc) is 2.15. The second kappa shape index (κ2) is 5.29. The number of aliphatic carboxylic acids is 1. The molecule has 1 rings (SSSR count). The molecule has 1 aliphatic heterocycles. The van der Waals surface area contributed by atoms with E-state index >= 15 is 0 Å². The number of carboxylic acids is 1. The molecular formula is C10H17FO3. The molecule has 0 aliphatic carbocycles. The minimum atomic E-state index is -1.07. The quantitative estimate of drug-likeness (QED) is 0.760. The summed E-state index contributed by atoms with van der Waals surface area (Å²) in [5.41, 5.74) is 0. The van der Waals surface area contributed by atoms with E-state index < -0.39 is 18.1 Å². The monoisotopic (exact) mass is 204 g/mol. The fourth-order valence-corrected chi connectivity index (χ4v) is 2.01. The van der Waals surface area contributed by atoms with Gasteiger partial charge in [-0.05, 0) is 25.7 Å². The molecule has 0 saturated carbocycles. The predicted molar refractivity (Wildman–Crippen MR) is 49.9 cm³/mol. The van der Waals surface area contributed by atoms with Crippen molar-refractivity contribution in [3.8, 4) is 0 Å². The maximum atomic E-state index is 13.2. The molecule has 1 aliphatic rings. The molecule has 0 spiro atoms. The van der Waals surface area contributed by atoms with E-state index in [1.807, 2.05) is 0 Å². The van der Waals surface area contributed by atoms with Gasteiger partial charge in [0.25, 0.3) is 0 Å². The number of hydrogen-bond donors (Lipinski definition) is 1. The Labute approximate surface area is 83.3 Å². The van der Waals surface area contributed by atoms with Gasteiger partial charge in [-0.15, -0.1) is 0 Å². The molecule has 0 aromatic rings.